The molecule has 1 N–H and O–H groups in total. The summed E-state index contributed by atoms with van der Waals surface area (Å²) < 4.78 is 56.4. The molecule has 64 heavy (non-hydrogen) atoms. The second-order valence-corrected chi connectivity index (χ2v) is 20.1. The molecule has 1 saturated carbocycles. The average molecular weight is 889 g/mol. The third-order valence-corrected chi connectivity index (χ3v) is 14.5. The van der Waals surface area contributed by atoms with Gasteiger partial charge in [-0.1, -0.05) is 30.3 Å². The third-order valence-electron chi connectivity index (χ3n) is 13.6. The van der Waals surface area contributed by atoms with Crippen LogP contribution in [0.4, 0.5) is 4.39 Å². The van der Waals surface area contributed by atoms with E-state index in [0.717, 1.165) is 29.3 Å². The van der Waals surface area contributed by atoms with Gasteiger partial charge in [-0.3, -0.25) is 23.4 Å². The van der Waals surface area contributed by atoms with Gasteiger partial charge < -0.3 is 14.2 Å². The summed E-state index contributed by atoms with van der Waals surface area (Å²) >= 11 is 0. The summed E-state index contributed by atoms with van der Waals surface area (Å²) in [5, 5.41) is 10.1. The van der Waals surface area contributed by atoms with Crippen molar-refractivity contribution in [3.63, 3.8) is 0 Å². The Balaban J connectivity index is 1.10. The Kier molecular flexibility index (Phi) is 10.0. The van der Waals surface area contributed by atoms with Crippen LogP contribution >= 0.6 is 0 Å². The highest BCUT2D eigenvalue weighted by Crippen LogP contribution is 2.56. The van der Waals surface area contributed by atoms with Crippen molar-refractivity contribution < 1.29 is 26.9 Å². The van der Waals surface area contributed by atoms with Gasteiger partial charge in [0.15, 0.2) is 5.82 Å². The second kappa shape index (κ2) is 15.4. The van der Waals surface area contributed by atoms with Crippen molar-refractivity contribution in [1.82, 2.24) is 38.5 Å². The molecular weight excluding hydrogens is 840 g/mol. The molecular formula is C47H49FN8O7S. The predicted molar refractivity (Wildman–Crippen MR) is 237 cm³/mol. The average Bonchev–Trinajstić information content (AvgIpc) is 3.77. The van der Waals surface area contributed by atoms with Gasteiger partial charge in [-0.2, -0.15) is 5.10 Å². The van der Waals surface area contributed by atoms with E-state index in [2.05, 4.69) is 35.3 Å². The van der Waals surface area contributed by atoms with Gasteiger partial charge in [0.05, 0.1) is 28.9 Å². The summed E-state index contributed by atoms with van der Waals surface area (Å²) in [7, 11) is -3.21. The lowest BCUT2D eigenvalue weighted by Crippen LogP contribution is -2.41. The number of benzene rings is 3. The minimum Gasteiger partial charge on any atom is -0.381 e. The van der Waals surface area contributed by atoms with Crippen molar-refractivity contribution in [1.29, 1.82) is 0 Å². The van der Waals surface area contributed by atoms with Crippen LogP contribution < -0.4 is 11.4 Å². The van der Waals surface area contributed by atoms with Gasteiger partial charge in [0.25, 0.3) is 5.91 Å². The Morgan fingerprint density at radius 1 is 0.969 bits per heavy atom. The number of hydrogen-bond donors (Lipinski definition) is 1. The van der Waals surface area contributed by atoms with Crippen LogP contribution in [0.15, 0.2) is 87.2 Å². The summed E-state index contributed by atoms with van der Waals surface area (Å²) in [6, 6.07) is 18.3. The number of aryl methyl sites for hydroxylation is 3. The van der Waals surface area contributed by atoms with E-state index in [4.69, 9.17) is 14.4 Å². The number of hydrogen-bond acceptors (Lipinski definition) is 9. The molecule has 7 aromatic rings. The van der Waals surface area contributed by atoms with Gasteiger partial charge in [0.1, 0.15) is 32.7 Å². The molecule has 17 heteroatoms. The number of ether oxygens (including phenoxy) is 1. The van der Waals surface area contributed by atoms with Gasteiger partial charge in [-0.25, -0.2) is 27.1 Å². The molecule has 3 aromatic carbocycles. The van der Waals surface area contributed by atoms with Crippen LogP contribution in [-0.4, -0.2) is 84.6 Å². The zero-order valence-corrected chi connectivity index (χ0v) is 37.1. The molecule has 1 aliphatic carbocycles. The molecule has 15 nitrogen and oxygen atoms in total. The Bertz CT molecular complexity index is 3220. The molecule has 4 aromatic heterocycles. The molecule has 6 heterocycles. The quantitative estimate of drug-likeness (QED) is 0.167. The van der Waals surface area contributed by atoms with Gasteiger partial charge in [-0.05, 0) is 123 Å². The molecule has 332 valence electrons. The van der Waals surface area contributed by atoms with Gasteiger partial charge in [0, 0.05) is 61.3 Å². The maximum Gasteiger partial charge on any atom is 0.438 e. The maximum atomic E-state index is 15.5. The number of aromatic nitrogens is 7. The first-order valence-electron chi connectivity index (χ1n) is 21.7. The SMILES string of the molecule is Cc1cc(-n2nc3c(c2-n2ccn(-c4cccc(CCS(C)(=O)=O)c4)c2=O)C(C)N(C(=O)c2cc4cc(C5CCOCC5)ccc4n2C2(c4noc(=O)[nH]4)CC2C)CC3)cc(C)c1F. The maximum absolute atomic E-state index is 15.5. The zero-order chi connectivity index (χ0) is 44.8. The Hall–Kier alpha value is -6.33. The molecule has 2 fully saturated rings. The van der Waals surface area contributed by atoms with Crippen LogP contribution in [-0.2, 0) is 33.0 Å². The molecule has 10 rings (SSSR count). The lowest BCUT2D eigenvalue weighted by Gasteiger charge is -2.34. The fourth-order valence-corrected chi connectivity index (χ4v) is 10.7. The normalized spacial score (nSPS) is 20.2. The van der Waals surface area contributed by atoms with Crippen LogP contribution in [0, 0.1) is 25.6 Å². The van der Waals surface area contributed by atoms with Crippen molar-refractivity contribution in [2.45, 2.75) is 77.3 Å². The van der Waals surface area contributed by atoms with Gasteiger partial charge >= 0.3 is 11.4 Å². The first kappa shape index (κ1) is 41.7. The Morgan fingerprint density at radius 2 is 1.70 bits per heavy atom. The predicted octanol–water partition coefficient (Wildman–Crippen LogP) is 6.22. The standard InChI is InChI=1S/C47H49FN8O7S/c1-27-21-36(22-28(2)41(27)48)56-42(54-17-16-53(46(54)59)35-8-6-7-31(23-35)14-20-64(5,60)61)40-30(4)52(15-11-37(40)50-56)43(57)39-25-34-24-33(32-12-18-62-19-13-32)9-10-38(34)55(39)47(26-29(47)3)44-49-45(58)63-51-44/h6-10,16-17,21-25,29-30,32H,11-15,18-20,26H2,1-5H3,(H,49,51,58). The fraction of sp³-hybridized carbons (Fsp3) is 0.383. The number of rotatable bonds is 10. The molecule has 0 radical (unpaired) electrons. The Labute approximate surface area is 368 Å². The van der Waals surface area contributed by atoms with Gasteiger partial charge in [-0.15, -0.1) is 0 Å². The highest BCUT2D eigenvalue weighted by molar-refractivity contribution is 7.90. The van der Waals surface area contributed by atoms with Crippen LogP contribution in [0.1, 0.15) is 94.9 Å². The van der Waals surface area contributed by atoms with Crippen molar-refractivity contribution in [2.24, 2.45) is 5.92 Å². The molecule has 2 aliphatic heterocycles. The van der Waals surface area contributed by atoms with E-state index in [1.54, 1.807) is 61.3 Å². The second-order valence-electron chi connectivity index (χ2n) is 17.8. The molecule has 0 spiro atoms. The number of nitrogens with zero attached hydrogens (tertiary/aromatic N) is 7. The number of carbonyl (C=O) groups is 1. The van der Waals surface area contributed by atoms with Crippen molar-refractivity contribution >= 4 is 26.6 Å². The zero-order valence-electron chi connectivity index (χ0n) is 36.3. The smallest absolute Gasteiger partial charge is 0.381 e. The fourth-order valence-electron chi connectivity index (χ4n) is 10.1. The highest BCUT2D eigenvalue weighted by atomic mass is 32.2. The van der Waals surface area contributed by atoms with Crippen molar-refractivity contribution in [3.8, 4) is 17.2 Å². The Morgan fingerprint density at radius 3 is 2.39 bits per heavy atom. The summed E-state index contributed by atoms with van der Waals surface area (Å²) in [5.41, 5.74) is 5.26. The minimum atomic E-state index is -3.21. The molecule has 3 atom stereocenters. The molecule has 1 amide bonds. The summed E-state index contributed by atoms with van der Waals surface area (Å²) in [6.07, 6.45) is 7.59. The van der Waals surface area contributed by atoms with E-state index in [-0.39, 0.29) is 23.4 Å². The lowest BCUT2D eigenvalue weighted by atomic mass is 9.91. The number of amides is 1. The molecule has 1 saturated heterocycles. The first-order chi connectivity index (χ1) is 30.6. The lowest BCUT2D eigenvalue weighted by molar-refractivity contribution is 0.0663. The van der Waals surface area contributed by atoms with Crippen molar-refractivity contribution in [3.05, 3.63) is 145 Å². The van der Waals surface area contributed by atoms with E-state index in [0.29, 0.717) is 96.0 Å². The van der Waals surface area contributed by atoms with E-state index < -0.39 is 32.9 Å². The molecule has 3 unspecified atom stereocenters. The third kappa shape index (κ3) is 6.96. The monoisotopic (exact) mass is 888 g/mol. The van der Waals surface area contributed by atoms with E-state index >= 15 is 9.18 Å². The van der Waals surface area contributed by atoms with Crippen molar-refractivity contribution in [2.75, 3.05) is 31.8 Å². The van der Waals surface area contributed by atoms with Crippen LogP contribution in [0.5, 0.6) is 0 Å². The van der Waals surface area contributed by atoms with Crippen LogP contribution in [0.25, 0.3) is 28.1 Å². The van der Waals surface area contributed by atoms with E-state index in [1.165, 1.54) is 21.0 Å². The number of halogens is 1. The number of fused-ring (bicyclic) bond motifs is 2. The topological polar surface area (TPSA) is 172 Å². The van der Waals surface area contributed by atoms with E-state index in [9.17, 15) is 18.0 Å². The summed E-state index contributed by atoms with van der Waals surface area (Å²) in [6.45, 7) is 9.07. The summed E-state index contributed by atoms with van der Waals surface area (Å²) in [5.74, 6) is -0.162. The first-order valence-corrected chi connectivity index (χ1v) is 23.8. The van der Waals surface area contributed by atoms with Gasteiger partial charge in [0.2, 0.25) is 0 Å². The largest absolute Gasteiger partial charge is 0.438 e. The number of imidazole rings is 1. The summed E-state index contributed by atoms with van der Waals surface area (Å²) in [4.78, 5) is 47.1. The van der Waals surface area contributed by atoms with Crippen LogP contribution in [0.2, 0.25) is 0 Å². The van der Waals surface area contributed by atoms with E-state index in [1.807, 2.05) is 28.5 Å². The number of carbonyl (C=O) groups excluding carboxylic acids is 1. The molecule has 0 bridgehead atoms. The molecule has 3 aliphatic rings. The number of aromatic amines is 1. The number of H-pyrrole nitrogens is 1. The van der Waals surface area contributed by atoms with Crippen LogP contribution in [0.3, 0.4) is 0 Å². The minimum absolute atomic E-state index is 0.0136. The highest BCUT2D eigenvalue weighted by Gasteiger charge is 2.59. The number of sulfone groups is 1. The number of nitrogens with one attached hydrogen (secondary N) is 1.